The van der Waals surface area contributed by atoms with Crippen LogP contribution in [-0.4, -0.2) is 46.4 Å². The van der Waals surface area contributed by atoms with Gasteiger partial charge in [0, 0.05) is 35.2 Å². The van der Waals surface area contributed by atoms with Crippen LogP contribution in [0, 0.1) is 5.92 Å². The summed E-state index contributed by atoms with van der Waals surface area (Å²) in [6.45, 7) is 4.01. The monoisotopic (exact) mass is 428 g/mol. The third-order valence-corrected chi connectivity index (χ3v) is 6.55. The van der Waals surface area contributed by atoms with Gasteiger partial charge in [-0.05, 0) is 44.5 Å². The predicted molar refractivity (Wildman–Crippen MR) is 111 cm³/mol. The molecular formula is C21H25ClN6O2. The van der Waals surface area contributed by atoms with Crippen LogP contribution in [0.1, 0.15) is 43.0 Å². The van der Waals surface area contributed by atoms with E-state index in [0.717, 1.165) is 37.2 Å². The molecule has 5 rings (SSSR count). The van der Waals surface area contributed by atoms with Crippen LogP contribution >= 0.6 is 11.6 Å². The summed E-state index contributed by atoms with van der Waals surface area (Å²) in [5.74, 6) is 1.25. The molecule has 0 radical (unpaired) electrons. The van der Waals surface area contributed by atoms with Crippen LogP contribution in [0.4, 0.5) is 0 Å². The Hall–Kier alpha value is -2.42. The summed E-state index contributed by atoms with van der Waals surface area (Å²) in [4.78, 5) is 17.1. The zero-order valence-electron chi connectivity index (χ0n) is 16.8. The first-order valence-corrected chi connectivity index (χ1v) is 10.8. The normalized spacial score (nSPS) is 27.0. The molecule has 0 bridgehead atoms. The molecular weight excluding hydrogens is 404 g/mol. The molecule has 1 aromatic heterocycles. The summed E-state index contributed by atoms with van der Waals surface area (Å²) in [6, 6.07) is 7.68. The van der Waals surface area contributed by atoms with Gasteiger partial charge in [0.2, 0.25) is 11.8 Å². The summed E-state index contributed by atoms with van der Waals surface area (Å²) in [7, 11) is 0. The fourth-order valence-electron chi connectivity index (χ4n) is 4.66. The average Bonchev–Trinajstić information content (AvgIpc) is 3.33. The standard InChI is InChI=1S/C21H25ClN6O2/c1-12-19(21-24-17(27-30-21)10-14-4-2-3-5-15(14)22)20-25-18(29)11-16(28(20)26-12)13-6-8-23-9-7-13/h2-5,11-13,19-20,23,26H,6-10H2,1H3,(H,25,29). The Morgan fingerprint density at radius 3 is 2.87 bits per heavy atom. The molecule has 2 aromatic rings. The third kappa shape index (κ3) is 3.59. The molecule has 0 aliphatic carbocycles. The first-order valence-electron chi connectivity index (χ1n) is 10.4. The van der Waals surface area contributed by atoms with Crippen molar-refractivity contribution in [1.29, 1.82) is 0 Å². The average molecular weight is 429 g/mol. The number of hydrogen-bond donors (Lipinski definition) is 3. The summed E-state index contributed by atoms with van der Waals surface area (Å²) in [5, 5.41) is 13.4. The van der Waals surface area contributed by atoms with Gasteiger partial charge < -0.3 is 15.2 Å². The molecule has 3 unspecified atom stereocenters. The molecule has 1 amide bonds. The number of rotatable bonds is 4. The molecule has 4 heterocycles. The van der Waals surface area contributed by atoms with Gasteiger partial charge in [0.15, 0.2) is 5.82 Å². The lowest BCUT2D eigenvalue weighted by molar-refractivity contribution is -0.119. The SMILES string of the molecule is CC1NN2C(C3CCNCC3)=CC(=O)NC2C1c1nc(Cc2ccccc2Cl)no1. The highest BCUT2D eigenvalue weighted by molar-refractivity contribution is 6.31. The van der Waals surface area contributed by atoms with Gasteiger partial charge in [0.05, 0.1) is 5.92 Å². The maximum atomic E-state index is 12.5. The van der Waals surface area contributed by atoms with E-state index in [1.54, 1.807) is 6.08 Å². The van der Waals surface area contributed by atoms with Crippen molar-refractivity contribution in [2.24, 2.45) is 5.92 Å². The van der Waals surface area contributed by atoms with Gasteiger partial charge in [-0.2, -0.15) is 4.98 Å². The molecule has 3 aliphatic rings. The summed E-state index contributed by atoms with van der Waals surface area (Å²) >= 11 is 6.27. The lowest BCUT2D eigenvalue weighted by Gasteiger charge is -2.38. The van der Waals surface area contributed by atoms with Crippen LogP contribution in [0.3, 0.4) is 0 Å². The molecule has 8 nitrogen and oxygen atoms in total. The van der Waals surface area contributed by atoms with E-state index in [1.807, 2.05) is 24.3 Å². The van der Waals surface area contributed by atoms with Gasteiger partial charge >= 0.3 is 0 Å². The lowest BCUT2D eigenvalue weighted by Crippen LogP contribution is -2.54. The van der Waals surface area contributed by atoms with Crippen molar-refractivity contribution in [3.63, 3.8) is 0 Å². The maximum Gasteiger partial charge on any atom is 0.247 e. The summed E-state index contributed by atoms with van der Waals surface area (Å²) in [5.41, 5.74) is 5.52. The van der Waals surface area contributed by atoms with E-state index in [9.17, 15) is 4.79 Å². The molecule has 2 fully saturated rings. The van der Waals surface area contributed by atoms with Gasteiger partial charge in [-0.25, -0.2) is 5.43 Å². The fraction of sp³-hybridized carbons (Fsp3) is 0.476. The molecule has 9 heteroatoms. The Kier molecular flexibility index (Phi) is 5.22. The fourth-order valence-corrected chi connectivity index (χ4v) is 4.87. The van der Waals surface area contributed by atoms with Crippen molar-refractivity contribution in [3.8, 4) is 0 Å². The molecule has 0 spiro atoms. The molecule has 2 saturated heterocycles. The van der Waals surface area contributed by atoms with Crippen LogP contribution in [-0.2, 0) is 11.2 Å². The van der Waals surface area contributed by atoms with E-state index < -0.39 is 0 Å². The van der Waals surface area contributed by atoms with E-state index >= 15 is 0 Å². The van der Waals surface area contributed by atoms with Crippen molar-refractivity contribution in [2.75, 3.05) is 13.1 Å². The molecule has 3 aliphatic heterocycles. The van der Waals surface area contributed by atoms with Gasteiger partial charge in [-0.3, -0.25) is 9.80 Å². The number of amides is 1. The Balaban J connectivity index is 1.38. The van der Waals surface area contributed by atoms with E-state index in [2.05, 4.69) is 38.1 Å². The Morgan fingerprint density at radius 1 is 1.27 bits per heavy atom. The van der Waals surface area contributed by atoms with Crippen LogP contribution in [0.15, 0.2) is 40.6 Å². The number of carbonyl (C=O) groups excluding carboxylic acids is 1. The number of piperidine rings is 1. The number of fused-ring (bicyclic) bond motifs is 1. The molecule has 3 atom stereocenters. The van der Waals surface area contributed by atoms with Gasteiger partial charge in [0.25, 0.3) is 0 Å². The minimum Gasteiger partial charge on any atom is -0.339 e. The Bertz CT molecular complexity index is 970. The second-order valence-electron chi connectivity index (χ2n) is 8.18. The van der Waals surface area contributed by atoms with Gasteiger partial charge in [-0.15, -0.1) is 0 Å². The number of hydrogen-bond acceptors (Lipinski definition) is 7. The topological polar surface area (TPSA) is 95.3 Å². The summed E-state index contributed by atoms with van der Waals surface area (Å²) < 4.78 is 5.64. The van der Waals surface area contributed by atoms with E-state index in [-0.39, 0.29) is 24.0 Å². The highest BCUT2D eigenvalue weighted by atomic mass is 35.5. The van der Waals surface area contributed by atoms with Gasteiger partial charge in [0.1, 0.15) is 6.17 Å². The van der Waals surface area contributed by atoms with Crippen LogP contribution < -0.4 is 16.1 Å². The number of hydrazine groups is 1. The number of benzene rings is 1. The first-order chi connectivity index (χ1) is 14.6. The Morgan fingerprint density at radius 2 is 2.07 bits per heavy atom. The smallest absolute Gasteiger partial charge is 0.247 e. The Labute approximate surface area is 180 Å². The lowest BCUT2D eigenvalue weighted by atomic mass is 9.91. The van der Waals surface area contributed by atoms with Crippen molar-refractivity contribution in [1.82, 2.24) is 31.2 Å². The molecule has 1 aromatic carbocycles. The van der Waals surface area contributed by atoms with Crippen molar-refractivity contribution < 1.29 is 9.32 Å². The maximum absolute atomic E-state index is 12.5. The van der Waals surface area contributed by atoms with Crippen molar-refractivity contribution >= 4 is 17.5 Å². The number of nitrogens with zero attached hydrogens (tertiary/aromatic N) is 3. The quantitative estimate of drug-likeness (QED) is 0.685. The van der Waals surface area contributed by atoms with Crippen LogP contribution in [0.25, 0.3) is 0 Å². The summed E-state index contributed by atoms with van der Waals surface area (Å²) in [6.07, 6.45) is 4.01. The van der Waals surface area contributed by atoms with E-state index in [0.29, 0.717) is 29.1 Å². The van der Waals surface area contributed by atoms with Crippen molar-refractivity contribution in [2.45, 2.75) is 44.3 Å². The zero-order chi connectivity index (χ0) is 20.7. The van der Waals surface area contributed by atoms with E-state index in [1.165, 1.54) is 0 Å². The predicted octanol–water partition coefficient (Wildman–Crippen LogP) is 1.95. The third-order valence-electron chi connectivity index (χ3n) is 6.18. The first kappa shape index (κ1) is 19.5. The minimum atomic E-state index is -0.254. The zero-order valence-corrected chi connectivity index (χ0v) is 17.5. The number of allylic oxidation sites excluding steroid dienone is 1. The number of halogens is 1. The van der Waals surface area contributed by atoms with Crippen LogP contribution in [0.5, 0.6) is 0 Å². The van der Waals surface area contributed by atoms with Gasteiger partial charge in [-0.1, -0.05) is 35.0 Å². The molecule has 0 saturated carbocycles. The second kappa shape index (κ2) is 8.02. The number of aromatic nitrogens is 2. The highest BCUT2D eigenvalue weighted by Crippen LogP contribution is 2.37. The minimum absolute atomic E-state index is 0.0344. The largest absolute Gasteiger partial charge is 0.339 e. The second-order valence-corrected chi connectivity index (χ2v) is 8.58. The highest BCUT2D eigenvalue weighted by Gasteiger charge is 2.48. The van der Waals surface area contributed by atoms with Crippen molar-refractivity contribution in [3.05, 3.63) is 58.3 Å². The number of carbonyl (C=O) groups is 1. The van der Waals surface area contributed by atoms with Crippen LogP contribution in [0.2, 0.25) is 5.02 Å². The molecule has 158 valence electrons. The number of nitrogens with one attached hydrogen (secondary N) is 3. The molecule has 30 heavy (non-hydrogen) atoms. The molecule has 3 N–H and O–H groups in total. The van der Waals surface area contributed by atoms with E-state index in [4.69, 9.17) is 16.1 Å².